The van der Waals surface area contributed by atoms with Crippen molar-refractivity contribution >= 4 is 0 Å². The van der Waals surface area contributed by atoms with Gasteiger partial charge in [0, 0.05) is 12.6 Å². The van der Waals surface area contributed by atoms with Gasteiger partial charge in [0.25, 0.3) is 0 Å². The molecule has 3 unspecified atom stereocenters. The van der Waals surface area contributed by atoms with Gasteiger partial charge in [0.2, 0.25) is 0 Å². The minimum atomic E-state index is 0.364. The van der Waals surface area contributed by atoms with Gasteiger partial charge in [-0.25, -0.2) is 0 Å². The molecule has 2 nitrogen and oxygen atoms in total. The molecule has 1 aliphatic rings. The summed E-state index contributed by atoms with van der Waals surface area (Å²) in [6, 6.07) is 0.364. The Morgan fingerprint density at radius 3 is 2.65 bits per heavy atom. The molecule has 1 fully saturated rings. The van der Waals surface area contributed by atoms with Crippen LogP contribution in [0.5, 0.6) is 0 Å². The first-order valence-corrected chi connectivity index (χ1v) is 7.65. The highest BCUT2D eigenvalue weighted by Crippen LogP contribution is 2.22. The molecule has 0 aliphatic carbocycles. The van der Waals surface area contributed by atoms with E-state index in [0.717, 1.165) is 12.5 Å². The van der Waals surface area contributed by atoms with E-state index in [1.165, 1.54) is 51.6 Å². The molecule has 0 amide bonds. The van der Waals surface area contributed by atoms with E-state index in [1.807, 2.05) is 0 Å². The van der Waals surface area contributed by atoms with Crippen molar-refractivity contribution in [2.24, 2.45) is 17.6 Å². The van der Waals surface area contributed by atoms with E-state index in [-0.39, 0.29) is 0 Å². The van der Waals surface area contributed by atoms with E-state index in [2.05, 4.69) is 25.7 Å². The maximum atomic E-state index is 6.26. The minimum absolute atomic E-state index is 0.364. The summed E-state index contributed by atoms with van der Waals surface area (Å²) in [5.41, 5.74) is 6.26. The number of nitrogens with two attached hydrogens (primary N) is 1. The fraction of sp³-hybridized carbons (Fsp3) is 1.00. The minimum Gasteiger partial charge on any atom is -0.326 e. The third-order valence-electron chi connectivity index (χ3n) is 4.48. The highest BCUT2D eigenvalue weighted by Gasteiger charge is 2.19. The summed E-state index contributed by atoms with van der Waals surface area (Å²) < 4.78 is 0. The Morgan fingerprint density at radius 2 is 2.00 bits per heavy atom. The Kier molecular flexibility index (Phi) is 7.14. The van der Waals surface area contributed by atoms with Gasteiger partial charge < -0.3 is 10.6 Å². The van der Waals surface area contributed by atoms with Gasteiger partial charge in [0.1, 0.15) is 0 Å². The van der Waals surface area contributed by atoms with E-state index in [4.69, 9.17) is 5.73 Å². The lowest BCUT2D eigenvalue weighted by molar-refractivity contribution is 0.236. The molecule has 0 spiro atoms. The third-order valence-corrected chi connectivity index (χ3v) is 4.48. The van der Waals surface area contributed by atoms with Gasteiger partial charge in [-0.3, -0.25) is 0 Å². The van der Waals surface area contributed by atoms with Gasteiger partial charge in [-0.2, -0.15) is 0 Å². The molecule has 1 heterocycles. The molecule has 17 heavy (non-hydrogen) atoms. The van der Waals surface area contributed by atoms with Crippen LogP contribution in [0.4, 0.5) is 0 Å². The van der Waals surface area contributed by atoms with Crippen LogP contribution in [-0.2, 0) is 0 Å². The van der Waals surface area contributed by atoms with Crippen LogP contribution in [0.2, 0.25) is 0 Å². The second kappa shape index (κ2) is 8.10. The Labute approximate surface area is 108 Å². The van der Waals surface area contributed by atoms with Crippen LogP contribution in [0.3, 0.4) is 0 Å². The van der Waals surface area contributed by atoms with Crippen LogP contribution in [0, 0.1) is 11.8 Å². The molecule has 0 aromatic carbocycles. The molecule has 0 saturated carbocycles. The Bertz CT molecular complexity index is 193. The lowest BCUT2D eigenvalue weighted by Gasteiger charge is -2.27. The summed E-state index contributed by atoms with van der Waals surface area (Å²) in [4.78, 5) is 2.60. The molecule has 2 heteroatoms. The van der Waals surface area contributed by atoms with E-state index in [9.17, 15) is 0 Å². The zero-order valence-electron chi connectivity index (χ0n) is 12.1. The molecule has 0 radical (unpaired) electrons. The quantitative estimate of drug-likeness (QED) is 0.772. The van der Waals surface area contributed by atoms with Crippen LogP contribution < -0.4 is 5.73 Å². The summed E-state index contributed by atoms with van der Waals surface area (Å²) >= 11 is 0. The van der Waals surface area contributed by atoms with Crippen LogP contribution in [-0.4, -0.2) is 30.6 Å². The van der Waals surface area contributed by atoms with Gasteiger partial charge in [0.05, 0.1) is 0 Å². The SMILES string of the molecule is CCCC1CCCN(CC(N)C(C)CC)CC1. The van der Waals surface area contributed by atoms with E-state index in [0.29, 0.717) is 12.0 Å². The zero-order chi connectivity index (χ0) is 12.7. The van der Waals surface area contributed by atoms with Gasteiger partial charge in [0.15, 0.2) is 0 Å². The summed E-state index contributed by atoms with van der Waals surface area (Å²) in [5.74, 6) is 1.63. The first-order chi connectivity index (χ1) is 8.17. The number of likely N-dealkylation sites (tertiary alicyclic amines) is 1. The lowest BCUT2D eigenvalue weighted by Crippen LogP contribution is -2.41. The number of nitrogens with zero attached hydrogens (tertiary/aromatic N) is 1. The highest BCUT2D eigenvalue weighted by atomic mass is 15.1. The van der Waals surface area contributed by atoms with E-state index >= 15 is 0 Å². The molecular formula is C15H32N2. The fourth-order valence-corrected chi connectivity index (χ4v) is 2.89. The van der Waals surface area contributed by atoms with Crippen molar-refractivity contribution in [2.45, 2.75) is 65.3 Å². The van der Waals surface area contributed by atoms with Crippen LogP contribution in [0.1, 0.15) is 59.3 Å². The average molecular weight is 240 g/mol. The first kappa shape index (κ1) is 15.0. The predicted octanol–water partition coefficient (Wildman–Crippen LogP) is 3.26. The maximum Gasteiger partial charge on any atom is 0.0193 e. The Hall–Kier alpha value is -0.0800. The fourth-order valence-electron chi connectivity index (χ4n) is 2.89. The zero-order valence-corrected chi connectivity index (χ0v) is 12.1. The van der Waals surface area contributed by atoms with Crippen LogP contribution in [0.15, 0.2) is 0 Å². The molecule has 2 N–H and O–H groups in total. The van der Waals surface area contributed by atoms with Gasteiger partial charge >= 0.3 is 0 Å². The Morgan fingerprint density at radius 1 is 1.24 bits per heavy atom. The molecule has 1 aliphatic heterocycles. The second-order valence-corrected chi connectivity index (χ2v) is 5.94. The lowest BCUT2D eigenvalue weighted by atomic mass is 9.96. The summed E-state index contributed by atoms with van der Waals surface area (Å²) in [6.45, 7) is 10.5. The van der Waals surface area contributed by atoms with Crippen molar-refractivity contribution in [3.8, 4) is 0 Å². The highest BCUT2D eigenvalue weighted by molar-refractivity contribution is 4.76. The molecule has 0 bridgehead atoms. The molecule has 1 rings (SSSR count). The van der Waals surface area contributed by atoms with Crippen molar-refractivity contribution in [3.05, 3.63) is 0 Å². The first-order valence-electron chi connectivity index (χ1n) is 7.65. The second-order valence-electron chi connectivity index (χ2n) is 5.94. The molecule has 3 atom stereocenters. The summed E-state index contributed by atoms with van der Waals surface area (Å²) in [7, 11) is 0. The van der Waals surface area contributed by atoms with Crippen molar-refractivity contribution in [1.29, 1.82) is 0 Å². The summed E-state index contributed by atoms with van der Waals surface area (Å²) in [5, 5.41) is 0. The number of hydrogen-bond donors (Lipinski definition) is 1. The predicted molar refractivity (Wildman–Crippen MR) is 76.1 cm³/mol. The standard InChI is InChI=1S/C15H32N2/c1-4-7-14-8-6-10-17(11-9-14)12-15(16)13(3)5-2/h13-15H,4-12,16H2,1-3H3. The van der Waals surface area contributed by atoms with Crippen molar-refractivity contribution in [3.63, 3.8) is 0 Å². The van der Waals surface area contributed by atoms with Crippen LogP contribution in [0.25, 0.3) is 0 Å². The van der Waals surface area contributed by atoms with Crippen molar-refractivity contribution in [2.75, 3.05) is 19.6 Å². The Balaban J connectivity index is 2.31. The molecule has 0 aromatic rings. The number of rotatable bonds is 6. The normalized spacial score (nSPS) is 26.5. The molecular weight excluding hydrogens is 208 g/mol. The molecule has 102 valence electrons. The van der Waals surface area contributed by atoms with Gasteiger partial charge in [-0.05, 0) is 44.2 Å². The molecule has 0 aromatic heterocycles. The van der Waals surface area contributed by atoms with E-state index in [1.54, 1.807) is 0 Å². The number of hydrogen-bond acceptors (Lipinski definition) is 2. The molecule has 1 saturated heterocycles. The van der Waals surface area contributed by atoms with Gasteiger partial charge in [-0.1, -0.05) is 40.0 Å². The van der Waals surface area contributed by atoms with Crippen molar-refractivity contribution in [1.82, 2.24) is 4.90 Å². The average Bonchev–Trinajstić information content (AvgIpc) is 2.54. The monoisotopic (exact) mass is 240 g/mol. The van der Waals surface area contributed by atoms with Crippen molar-refractivity contribution < 1.29 is 0 Å². The largest absolute Gasteiger partial charge is 0.326 e. The van der Waals surface area contributed by atoms with Crippen LogP contribution >= 0.6 is 0 Å². The smallest absolute Gasteiger partial charge is 0.0193 e. The van der Waals surface area contributed by atoms with Gasteiger partial charge in [-0.15, -0.1) is 0 Å². The van der Waals surface area contributed by atoms with E-state index < -0.39 is 0 Å². The third kappa shape index (κ3) is 5.39. The summed E-state index contributed by atoms with van der Waals surface area (Å²) in [6.07, 6.45) is 8.16. The topological polar surface area (TPSA) is 29.3 Å². The maximum absolute atomic E-state index is 6.26.